The summed E-state index contributed by atoms with van der Waals surface area (Å²) in [6.07, 6.45) is 5.41. The molecule has 14 heavy (non-hydrogen) atoms. The van der Waals surface area contributed by atoms with E-state index in [1.54, 1.807) is 0 Å². The molecule has 1 aliphatic rings. The van der Waals surface area contributed by atoms with Crippen molar-refractivity contribution in [1.29, 1.82) is 0 Å². The molecule has 0 radical (unpaired) electrons. The summed E-state index contributed by atoms with van der Waals surface area (Å²) in [7, 11) is 0. The van der Waals surface area contributed by atoms with Crippen LogP contribution in [0.4, 0.5) is 5.13 Å². The molecule has 1 aromatic heterocycles. The summed E-state index contributed by atoms with van der Waals surface area (Å²) < 4.78 is 5.53. The average Bonchev–Trinajstić information content (AvgIpc) is 2.48. The van der Waals surface area contributed by atoms with Crippen molar-refractivity contribution in [2.24, 2.45) is 5.92 Å². The van der Waals surface area contributed by atoms with Gasteiger partial charge in [0.05, 0.1) is 12.3 Å². The predicted octanol–water partition coefficient (Wildman–Crippen LogP) is 2.43. The van der Waals surface area contributed by atoms with Crippen LogP contribution in [0.15, 0.2) is 5.38 Å². The van der Waals surface area contributed by atoms with Crippen LogP contribution < -0.4 is 5.73 Å². The third-order valence-corrected chi connectivity index (χ3v) is 3.44. The summed E-state index contributed by atoms with van der Waals surface area (Å²) in [6.45, 7) is 1.47. The van der Waals surface area contributed by atoms with Crippen molar-refractivity contribution in [2.45, 2.75) is 32.3 Å². The maximum Gasteiger partial charge on any atom is 0.180 e. The molecule has 0 saturated heterocycles. The number of nitrogens with zero attached hydrogens (tertiary/aromatic N) is 1. The zero-order chi connectivity index (χ0) is 9.80. The molecule has 0 amide bonds. The molecule has 1 aromatic rings. The van der Waals surface area contributed by atoms with E-state index in [-0.39, 0.29) is 0 Å². The molecule has 4 heteroatoms. The molecule has 2 rings (SSSR count). The minimum Gasteiger partial charge on any atom is -0.375 e. The monoisotopic (exact) mass is 212 g/mol. The Morgan fingerprint density at radius 3 is 3.00 bits per heavy atom. The Kier molecular flexibility index (Phi) is 3.37. The Morgan fingerprint density at radius 1 is 1.57 bits per heavy atom. The number of rotatable bonds is 5. The van der Waals surface area contributed by atoms with E-state index in [2.05, 4.69) is 4.98 Å². The Balaban J connectivity index is 1.58. The van der Waals surface area contributed by atoms with E-state index in [1.165, 1.54) is 37.0 Å². The first-order valence-corrected chi connectivity index (χ1v) is 6.00. The topological polar surface area (TPSA) is 48.1 Å². The standard InChI is InChI=1S/C10H16N2OS/c11-10-12-9(7-14-10)6-13-5-4-8-2-1-3-8/h7-8H,1-6H2,(H2,11,12). The van der Waals surface area contributed by atoms with Gasteiger partial charge in [-0.1, -0.05) is 19.3 Å². The fourth-order valence-corrected chi connectivity index (χ4v) is 2.14. The van der Waals surface area contributed by atoms with Gasteiger partial charge >= 0.3 is 0 Å². The van der Waals surface area contributed by atoms with Crippen LogP contribution in [0.3, 0.4) is 0 Å². The molecule has 0 bridgehead atoms. The van der Waals surface area contributed by atoms with E-state index in [0.29, 0.717) is 11.7 Å². The second kappa shape index (κ2) is 4.75. The Labute approximate surface area is 88.3 Å². The van der Waals surface area contributed by atoms with Crippen LogP contribution >= 0.6 is 11.3 Å². The first-order chi connectivity index (χ1) is 6.84. The highest BCUT2D eigenvalue weighted by atomic mass is 32.1. The third kappa shape index (κ3) is 2.69. The molecular weight excluding hydrogens is 196 g/mol. The lowest BCUT2D eigenvalue weighted by Crippen LogP contribution is -2.13. The second-order valence-corrected chi connectivity index (χ2v) is 4.70. The van der Waals surface area contributed by atoms with Gasteiger partial charge in [0.25, 0.3) is 0 Å². The molecule has 2 N–H and O–H groups in total. The van der Waals surface area contributed by atoms with Crippen LogP contribution in [0.1, 0.15) is 31.4 Å². The van der Waals surface area contributed by atoms with Gasteiger partial charge in [-0.25, -0.2) is 4.98 Å². The highest BCUT2D eigenvalue weighted by molar-refractivity contribution is 7.13. The first kappa shape index (κ1) is 9.93. The van der Waals surface area contributed by atoms with Crippen LogP contribution in [-0.4, -0.2) is 11.6 Å². The zero-order valence-corrected chi connectivity index (χ0v) is 9.05. The summed E-state index contributed by atoms with van der Waals surface area (Å²) in [4.78, 5) is 4.13. The van der Waals surface area contributed by atoms with E-state index in [4.69, 9.17) is 10.5 Å². The van der Waals surface area contributed by atoms with Crippen molar-refractivity contribution >= 4 is 16.5 Å². The van der Waals surface area contributed by atoms with Gasteiger partial charge in [-0.3, -0.25) is 0 Å². The van der Waals surface area contributed by atoms with E-state index in [9.17, 15) is 0 Å². The molecule has 0 spiro atoms. The molecule has 0 atom stereocenters. The smallest absolute Gasteiger partial charge is 0.180 e. The summed E-state index contributed by atoms with van der Waals surface area (Å²) >= 11 is 1.47. The average molecular weight is 212 g/mol. The normalized spacial score (nSPS) is 16.9. The summed E-state index contributed by atoms with van der Waals surface area (Å²) in [6, 6.07) is 0. The van der Waals surface area contributed by atoms with Crippen molar-refractivity contribution in [3.8, 4) is 0 Å². The van der Waals surface area contributed by atoms with Crippen molar-refractivity contribution in [2.75, 3.05) is 12.3 Å². The molecule has 1 aliphatic carbocycles. The van der Waals surface area contributed by atoms with E-state index in [0.717, 1.165) is 18.2 Å². The number of nitrogens with two attached hydrogens (primary N) is 1. The number of aromatic nitrogens is 1. The van der Waals surface area contributed by atoms with Crippen LogP contribution in [0.2, 0.25) is 0 Å². The van der Waals surface area contributed by atoms with Gasteiger partial charge in [-0.2, -0.15) is 0 Å². The van der Waals surface area contributed by atoms with E-state index in [1.807, 2.05) is 5.38 Å². The maximum absolute atomic E-state index is 5.53. The first-order valence-electron chi connectivity index (χ1n) is 5.12. The SMILES string of the molecule is Nc1nc(COCCC2CCC2)cs1. The van der Waals surface area contributed by atoms with Crippen LogP contribution in [-0.2, 0) is 11.3 Å². The number of thiazole rings is 1. The van der Waals surface area contributed by atoms with Crippen LogP contribution in [0.25, 0.3) is 0 Å². The summed E-state index contributed by atoms with van der Waals surface area (Å²) in [5.74, 6) is 0.926. The fourth-order valence-electron chi connectivity index (χ4n) is 1.60. The molecule has 1 fully saturated rings. The number of hydrogen-bond donors (Lipinski definition) is 1. The lowest BCUT2D eigenvalue weighted by atomic mass is 9.83. The van der Waals surface area contributed by atoms with Gasteiger partial charge in [-0.15, -0.1) is 11.3 Å². The molecule has 78 valence electrons. The highest BCUT2D eigenvalue weighted by Crippen LogP contribution is 2.29. The second-order valence-electron chi connectivity index (χ2n) is 3.82. The van der Waals surface area contributed by atoms with Gasteiger partial charge in [0.15, 0.2) is 5.13 Å². The van der Waals surface area contributed by atoms with Gasteiger partial charge in [-0.05, 0) is 12.3 Å². The van der Waals surface area contributed by atoms with Gasteiger partial charge in [0.1, 0.15) is 0 Å². The molecule has 0 unspecified atom stereocenters. The molecule has 0 aromatic carbocycles. The van der Waals surface area contributed by atoms with Crippen molar-refractivity contribution in [3.05, 3.63) is 11.1 Å². The summed E-state index contributed by atoms with van der Waals surface area (Å²) in [5.41, 5.74) is 6.47. The van der Waals surface area contributed by atoms with Crippen molar-refractivity contribution in [1.82, 2.24) is 4.98 Å². The van der Waals surface area contributed by atoms with Gasteiger partial charge < -0.3 is 10.5 Å². The lowest BCUT2D eigenvalue weighted by Gasteiger charge is -2.24. The molecule has 1 saturated carbocycles. The predicted molar refractivity (Wildman–Crippen MR) is 58.1 cm³/mol. The minimum absolute atomic E-state index is 0.612. The number of hydrogen-bond acceptors (Lipinski definition) is 4. The number of nitrogen functional groups attached to an aromatic ring is 1. The van der Waals surface area contributed by atoms with Crippen LogP contribution in [0, 0.1) is 5.92 Å². The van der Waals surface area contributed by atoms with Gasteiger partial charge in [0, 0.05) is 12.0 Å². The Hall–Kier alpha value is -0.610. The Bertz CT molecular complexity index is 283. The van der Waals surface area contributed by atoms with Crippen LogP contribution in [0.5, 0.6) is 0 Å². The van der Waals surface area contributed by atoms with Crippen molar-refractivity contribution < 1.29 is 4.74 Å². The number of anilines is 1. The number of ether oxygens (including phenoxy) is 1. The minimum atomic E-state index is 0.612. The molecule has 3 nitrogen and oxygen atoms in total. The van der Waals surface area contributed by atoms with E-state index < -0.39 is 0 Å². The largest absolute Gasteiger partial charge is 0.375 e. The Morgan fingerprint density at radius 2 is 2.43 bits per heavy atom. The molecular formula is C10H16N2OS. The third-order valence-electron chi connectivity index (χ3n) is 2.71. The lowest BCUT2D eigenvalue weighted by molar-refractivity contribution is 0.0933. The molecule has 0 aliphatic heterocycles. The zero-order valence-electron chi connectivity index (χ0n) is 8.24. The maximum atomic E-state index is 5.53. The fraction of sp³-hybridized carbons (Fsp3) is 0.700. The quantitative estimate of drug-likeness (QED) is 0.763. The van der Waals surface area contributed by atoms with E-state index >= 15 is 0 Å². The molecule has 1 heterocycles. The van der Waals surface area contributed by atoms with Gasteiger partial charge in [0.2, 0.25) is 0 Å². The highest BCUT2D eigenvalue weighted by Gasteiger charge is 2.16. The van der Waals surface area contributed by atoms with Crippen molar-refractivity contribution in [3.63, 3.8) is 0 Å². The summed E-state index contributed by atoms with van der Waals surface area (Å²) in [5, 5.41) is 2.58.